The average Bonchev–Trinajstić information content (AvgIpc) is 2.86. The Bertz CT molecular complexity index is 1280. The van der Waals surface area contributed by atoms with Crippen molar-refractivity contribution in [1.82, 2.24) is 4.98 Å². The molecule has 0 spiro atoms. The van der Waals surface area contributed by atoms with Crippen molar-refractivity contribution in [3.8, 4) is 16.9 Å². The van der Waals surface area contributed by atoms with E-state index in [2.05, 4.69) is 17.1 Å². The molecule has 0 aliphatic carbocycles. The Balaban J connectivity index is 1.52. The molecule has 0 bridgehead atoms. The van der Waals surface area contributed by atoms with Gasteiger partial charge in [0.05, 0.1) is 12.7 Å². The summed E-state index contributed by atoms with van der Waals surface area (Å²) in [4.78, 5) is 30.1. The Morgan fingerprint density at radius 1 is 0.818 bits per heavy atom. The van der Waals surface area contributed by atoms with Crippen LogP contribution in [0.4, 0.5) is 0 Å². The molecule has 0 radical (unpaired) electrons. The van der Waals surface area contributed by atoms with E-state index >= 15 is 0 Å². The maximum Gasteiger partial charge on any atom is 0.170 e. The number of Topliss-reactive ketones (excluding diaryl/α,β-unsaturated/α-hetero) is 2. The van der Waals surface area contributed by atoms with Gasteiger partial charge in [-0.3, -0.25) is 14.6 Å². The van der Waals surface area contributed by atoms with Crippen LogP contribution in [0.5, 0.6) is 5.75 Å². The van der Waals surface area contributed by atoms with E-state index < -0.39 is 0 Å². The van der Waals surface area contributed by atoms with E-state index in [0.717, 1.165) is 27.8 Å². The summed E-state index contributed by atoms with van der Waals surface area (Å²) < 4.78 is 5.40. The molecule has 3 aromatic carbocycles. The van der Waals surface area contributed by atoms with E-state index in [1.807, 2.05) is 55.5 Å². The first-order chi connectivity index (χ1) is 16.0. The normalized spacial score (nSPS) is 10.6. The fourth-order valence-corrected chi connectivity index (χ4v) is 3.80. The molecule has 4 rings (SSSR count). The van der Waals surface area contributed by atoms with Gasteiger partial charge in [0.1, 0.15) is 5.75 Å². The van der Waals surface area contributed by atoms with Crippen LogP contribution in [0.2, 0.25) is 0 Å². The van der Waals surface area contributed by atoms with Crippen LogP contribution >= 0.6 is 0 Å². The minimum absolute atomic E-state index is 0.0424. The van der Waals surface area contributed by atoms with Crippen LogP contribution in [0.1, 0.15) is 37.4 Å². The van der Waals surface area contributed by atoms with Gasteiger partial charge in [-0.15, -0.1) is 0 Å². The third kappa shape index (κ3) is 5.24. The molecule has 1 heterocycles. The third-order valence-corrected chi connectivity index (χ3v) is 5.74. The molecule has 0 atom stereocenters. The van der Waals surface area contributed by atoms with Gasteiger partial charge in [-0.1, -0.05) is 54.6 Å². The van der Waals surface area contributed by atoms with Gasteiger partial charge in [0, 0.05) is 30.8 Å². The Morgan fingerprint density at radius 2 is 1.55 bits per heavy atom. The van der Waals surface area contributed by atoms with Crippen molar-refractivity contribution in [3.05, 3.63) is 119 Å². The summed E-state index contributed by atoms with van der Waals surface area (Å²) in [5.41, 5.74) is 5.95. The fourth-order valence-electron chi connectivity index (χ4n) is 3.80. The lowest BCUT2D eigenvalue weighted by Crippen LogP contribution is -2.10. The smallest absolute Gasteiger partial charge is 0.170 e. The Hall–Kier alpha value is -4.05. The number of methoxy groups -OCH3 is 1. The standard InChI is InChI=1S/C29H25NO3/c1-20-19-30-15-14-24(20)18-28(32)26-17-25(12-13-29(26)33-2)27(31)16-21-8-10-23(11-9-21)22-6-4-3-5-7-22/h3-15,17,19H,16,18H2,1-2H3. The quantitative estimate of drug-likeness (QED) is 0.323. The zero-order chi connectivity index (χ0) is 23.2. The second kappa shape index (κ2) is 10.0. The number of carbonyl (C=O) groups excluding carboxylic acids is 2. The number of aromatic nitrogens is 1. The summed E-state index contributed by atoms with van der Waals surface area (Å²) in [7, 11) is 1.53. The summed E-state index contributed by atoms with van der Waals surface area (Å²) >= 11 is 0. The van der Waals surface area contributed by atoms with Gasteiger partial charge < -0.3 is 4.74 Å². The molecule has 0 amide bonds. The number of benzene rings is 3. The summed E-state index contributed by atoms with van der Waals surface area (Å²) in [6, 6.07) is 25.0. The van der Waals surface area contributed by atoms with Crippen LogP contribution in [0.25, 0.3) is 11.1 Å². The number of aryl methyl sites for hydroxylation is 1. The monoisotopic (exact) mass is 435 g/mol. The molecule has 0 N–H and O–H groups in total. The van der Waals surface area contributed by atoms with E-state index in [1.165, 1.54) is 7.11 Å². The van der Waals surface area contributed by atoms with E-state index in [1.54, 1.807) is 30.6 Å². The number of hydrogen-bond donors (Lipinski definition) is 0. The molecular formula is C29H25NO3. The van der Waals surface area contributed by atoms with Crippen LogP contribution in [0, 0.1) is 6.92 Å². The van der Waals surface area contributed by atoms with E-state index in [0.29, 0.717) is 16.9 Å². The van der Waals surface area contributed by atoms with Crippen molar-refractivity contribution >= 4 is 11.6 Å². The van der Waals surface area contributed by atoms with Crippen molar-refractivity contribution in [1.29, 1.82) is 0 Å². The number of pyridine rings is 1. The molecule has 4 nitrogen and oxygen atoms in total. The molecule has 0 aliphatic heterocycles. The van der Waals surface area contributed by atoms with Crippen molar-refractivity contribution in [2.24, 2.45) is 0 Å². The molecule has 33 heavy (non-hydrogen) atoms. The zero-order valence-electron chi connectivity index (χ0n) is 18.7. The van der Waals surface area contributed by atoms with E-state index in [4.69, 9.17) is 4.74 Å². The summed E-state index contributed by atoms with van der Waals surface area (Å²) in [6.45, 7) is 1.93. The van der Waals surface area contributed by atoms with Gasteiger partial charge in [-0.05, 0) is 59.0 Å². The predicted molar refractivity (Wildman–Crippen MR) is 130 cm³/mol. The van der Waals surface area contributed by atoms with Gasteiger partial charge in [-0.2, -0.15) is 0 Å². The number of hydrogen-bond acceptors (Lipinski definition) is 4. The number of carbonyl (C=O) groups is 2. The molecule has 1 aromatic heterocycles. The molecule has 164 valence electrons. The number of rotatable bonds is 8. The first-order valence-electron chi connectivity index (χ1n) is 10.8. The highest BCUT2D eigenvalue weighted by Gasteiger charge is 2.17. The van der Waals surface area contributed by atoms with Gasteiger partial charge in [0.2, 0.25) is 0 Å². The third-order valence-electron chi connectivity index (χ3n) is 5.74. The second-order valence-electron chi connectivity index (χ2n) is 7.98. The maximum absolute atomic E-state index is 13.0. The van der Waals surface area contributed by atoms with Gasteiger partial charge in [-0.25, -0.2) is 0 Å². The topological polar surface area (TPSA) is 56.3 Å². The van der Waals surface area contributed by atoms with Crippen LogP contribution in [-0.4, -0.2) is 23.7 Å². The van der Waals surface area contributed by atoms with E-state index in [-0.39, 0.29) is 24.4 Å². The highest BCUT2D eigenvalue weighted by atomic mass is 16.5. The molecule has 0 unspecified atom stereocenters. The van der Waals surface area contributed by atoms with Crippen LogP contribution in [0.3, 0.4) is 0 Å². The molecule has 0 saturated carbocycles. The molecule has 4 aromatic rings. The molecule has 0 saturated heterocycles. The van der Waals surface area contributed by atoms with Crippen LogP contribution in [0.15, 0.2) is 91.3 Å². The van der Waals surface area contributed by atoms with Crippen LogP contribution < -0.4 is 4.74 Å². The van der Waals surface area contributed by atoms with Gasteiger partial charge in [0.25, 0.3) is 0 Å². The minimum atomic E-state index is -0.0944. The Labute approximate surface area is 193 Å². The van der Waals surface area contributed by atoms with Crippen molar-refractivity contribution in [3.63, 3.8) is 0 Å². The summed E-state index contributed by atoms with van der Waals surface area (Å²) in [5, 5.41) is 0. The predicted octanol–water partition coefficient (Wildman–Crippen LogP) is 5.92. The zero-order valence-corrected chi connectivity index (χ0v) is 18.7. The first kappa shape index (κ1) is 22.2. The lowest BCUT2D eigenvalue weighted by atomic mass is 9.95. The van der Waals surface area contributed by atoms with E-state index in [9.17, 15) is 9.59 Å². The number of nitrogens with zero attached hydrogens (tertiary/aromatic N) is 1. The SMILES string of the molecule is COc1ccc(C(=O)Cc2ccc(-c3ccccc3)cc2)cc1C(=O)Cc1ccncc1C. The number of ketones is 2. The van der Waals surface area contributed by atoms with Crippen molar-refractivity contribution in [2.75, 3.05) is 7.11 Å². The maximum atomic E-state index is 13.0. The van der Waals surface area contributed by atoms with Crippen LogP contribution in [-0.2, 0) is 12.8 Å². The summed E-state index contributed by atoms with van der Waals surface area (Å²) in [6.07, 6.45) is 3.90. The molecule has 0 aliphatic rings. The summed E-state index contributed by atoms with van der Waals surface area (Å²) in [5.74, 6) is 0.331. The first-order valence-corrected chi connectivity index (χ1v) is 10.8. The molecular weight excluding hydrogens is 410 g/mol. The molecule has 0 fully saturated rings. The number of ether oxygens (including phenoxy) is 1. The lowest BCUT2D eigenvalue weighted by molar-refractivity contribution is 0.0989. The Morgan fingerprint density at radius 3 is 2.24 bits per heavy atom. The second-order valence-corrected chi connectivity index (χ2v) is 7.98. The average molecular weight is 436 g/mol. The highest BCUT2D eigenvalue weighted by molar-refractivity contribution is 6.04. The lowest BCUT2D eigenvalue weighted by Gasteiger charge is -2.11. The van der Waals surface area contributed by atoms with Crippen molar-refractivity contribution in [2.45, 2.75) is 19.8 Å². The van der Waals surface area contributed by atoms with Gasteiger partial charge in [0.15, 0.2) is 11.6 Å². The fraction of sp³-hybridized carbons (Fsp3) is 0.138. The highest BCUT2D eigenvalue weighted by Crippen LogP contribution is 2.24. The Kier molecular flexibility index (Phi) is 6.75. The van der Waals surface area contributed by atoms with Gasteiger partial charge >= 0.3 is 0 Å². The molecule has 4 heteroatoms. The van der Waals surface area contributed by atoms with Crippen molar-refractivity contribution < 1.29 is 14.3 Å². The minimum Gasteiger partial charge on any atom is -0.496 e. The largest absolute Gasteiger partial charge is 0.496 e.